The van der Waals surface area contributed by atoms with Gasteiger partial charge in [-0.15, -0.1) is 0 Å². The van der Waals surface area contributed by atoms with Gasteiger partial charge in [-0.2, -0.15) is 0 Å². The van der Waals surface area contributed by atoms with Crippen LogP contribution in [0.25, 0.3) is 22.0 Å². The molecule has 0 bridgehead atoms. The Labute approximate surface area is 253 Å². The molecular formula is C32H30F2N6O3S. The number of hydrogen-bond acceptors (Lipinski definition) is 8. The van der Waals surface area contributed by atoms with Gasteiger partial charge in [-0.1, -0.05) is 30.3 Å². The van der Waals surface area contributed by atoms with Gasteiger partial charge in [0.05, 0.1) is 22.7 Å². The summed E-state index contributed by atoms with van der Waals surface area (Å²) in [6, 6.07) is 17.2. The van der Waals surface area contributed by atoms with Gasteiger partial charge < -0.3 is 15.4 Å². The van der Waals surface area contributed by atoms with Crippen LogP contribution in [0.3, 0.4) is 0 Å². The first-order chi connectivity index (χ1) is 21.3. The fourth-order valence-corrected chi connectivity index (χ4v) is 6.45. The van der Waals surface area contributed by atoms with Crippen LogP contribution in [0.5, 0.6) is 11.6 Å². The molecule has 3 aromatic carbocycles. The van der Waals surface area contributed by atoms with Crippen molar-refractivity contribution < 1.29 is 21.9 Å². The first kappa shape index (κ1) is 29.4. The number of aromatic nitrogens is 3. The van der Waals surface area contributed by atoms with Crippen LogP contribution in [-0.2, 0) is 15.8 Å². The molecule has 3 heterocycles. The number of nitrogens with one attached hydrogen (secondary N) is 3. The van der Waals surface area contributed by atoms with Gasteiger partial charge in [-0.05, 0) is 68.3 Å². The summed E-state index contributed by atoms with van der Waals surface area (Å²) in [5.74, 6) is -0.968. The van der Waals surface area contributed by atoms with Crippen molar-refractivity contribution in [3.05, 3.63) is 102 Å². The Morgan fingerprint density at radius 3 is 2.61 bits per heavy atom. The van der Waals surface area contributed by atoms with Crippen LogP contribution in [0.15, 0.2) is 79.1 Å². The van der Waals surface area contributed by atoms with E-state index in [9.17, 15) is 12.8 Å². The quantitative estimate of drug-likeness (QED) is 0.180. The van der Waals surface area contributed by atoms with E-state index in [2.05, 4.69) is 25.3 Å². The molecule has 44 heavy (non-hydrogen) atoms. The third-order valence-electron chi connectivity index (χ3n) is 7.39. The maximum atomic E-state index is 15.1. The number of pyridine rings is 1. The topological polar surface area (TPSA) is 118 Å². The van der Waals surface area contributed by atoms with Crippen molar-refractivity contribution in [1.29, 1.82) is 0 Å². The maximum Gasteiger partial charge on any atom is 0.237 e. The normalized spacial score (nSPS) is 15.2. The minimum Gasteiger partial charge on any atom is -0.437 e. The summed E-state index contributed by atoms with van der Waals surface area (Å²) >= 11 is 0. The standard InChI is InChI=1S/C32H30F2N6O3S/c1-20-10-11-23-24(12-13-27(34)29(23)40-44(41,42)19-21-6-2-3-9-26(21)33)30(20)43-31-25(8-5-16-36-31)28-14-17-37-32(39-28)38-22-7-4-15-35-18-22/h2-3,5-6,8-14,16-17,22,35,40H,4,7,15,18-19H2,1H3,(H,37,38,39)/t22-/m1/s1. The van der Waals surface area contributed by atoms with Gasteiger partial charge in [0.1, 0.15) is 17.4 Å². The summed E-state index contributed by atoms with van der Waals surface area (Å²) in [6.07, 6.45) is 5.35. The second-order valence-electron chi connectivity index (χ2n) is 10.6. The number of sulfonamides is 1. The van der Waals surface area contributed by atoms with E-state index in [1.807, 2.05) is 13.0 Å². The van der Waals surface area contributed by atoms with Crippen LogP contribution < -0.4 is 20.1 Å². The second-order valence-corrected chi connectivity index (χ2v) is 12.3. The summed E-state index contributed by atoms with van der Waals surface area (Å²) in [5, 5.41) is 7.48. The number of fused-ring (bicyclic) bond motifs is 1. The predicted molar refractivity (Wildman–Crippen MR) is 166 cm³/mol. The molecule has 0 aliphatic carbocycles. The first-order valence-corrected chi connectivity index (χ1v) is 15.8. The van der Waals surface area contributed by atoms with Crippen molar-refractivity contribution in [2.75, 3.05) is 23.1 Å². The Morgan fingerprint density at radius 1 is 0.955 bits per heavy atom. The highest BCUT2D eigenvalue weighted by Gasteiger charge is 2.22. The Kier molecular flexibility index (Phi) is 8.36. The Bertz CT molecular complexity index is 1930. The van der Waals surface area contributed by atoms with E-state index >= 15 is 4.39 Å². The summed E-state index contributed by atoms with van der Waals surface area (Å²) < 4.78 is 64.0. The minimum absolute atomic E-state index is 0.0262. The van der Waals surface area contributed by atoms with Crippen molar-refractivity contribution in [2.24, 2.45) is 0 Å². The summed E-state index contributed by atoms with van der Waals surface area (Å²) in [7, 11) is -4.17. The van der Waals surface area contributed by atoms with Gasteiger partial charge in [0.25, 0.3) is 0 Å². The van der Waals surface area contributed by atoms with Crippen LogP contribution in [0, 0.1) is 18.6 Å². The molecule has 2 aromatic heterocycles. The van der Waals surface area contributed by atoms with Crippen LogP contribution in [0.4, 0.5) is 20.4 Å². The Balaban J connectivity index is 1.33. The third kappa shape index (κ3) is 6.46. The number of rotatable bonds is 9. The van der Waals surface area contributed by atoms with Crippen molar-refractivity contribution in [3.63, 3.8) is 0 Å². The zero-order valence-electron chi connectivity index (χ0n) is 23.8. The third-order valence-corrected chi connectivity index (χ3v) is 8.60. The lowest BCUT2D eigenvalue weighted by atomic mass is 10.0. The van der Waals surface area contributed by atoms with Crippen molar-refractivity contribution in [1.82, 2.24) is 20.3 Å². The molecule has 1 atom stereocenters. The largest absolute Gasteiger partial charge is 0.437 e. The number of hydrogen-bond donors (Lipinski definition) is 3. The molecule has 0 unspecified atom stereocenters. The van der Waals surface area contributed by atoms with E-state index < -0.39 is 27.4 Å². The molecule has 0 radical (unpaired) electrons. The van der Waals surface area contributed by atoms with Gasteiger partial charge in [0, 0.05) is 41.3 Å². The molecular weight excluding hydrogens is 586 g/mol. The summed E-state index contributed by atoms with van der Waals surface area (Å²) in [4.78, 5) is 13.6. The molecule has 0 amide bonds. The summed E-state index contributed by atoms with van der Waals surface area (Å²) in [6.45, 7) is 3.65. The van der Waals surface area contributed by atoms with Crippen molar-refractivity contribution in [2.45, 2.75) is 31.6 Å². The highest BCUT2D eigenvalue weighted by molar-refractivity contribution is 7.91. The zero-order chi connectivity index (χ0) is 30.7. The fourth-order valence-electron chi connectivity index (χ4n) is 5.21. The summed E-state index contributed by atoms with van der Waals surface area (Å²) in [5.41, 5.74) is 1.65. The van der Waals surface area contributed by atoms with E-state index in [1.54, 1.807) is 36.7 Å². The Morgan fingerprint density at radius 2 is 1.80 bits per heavy atom. The average Bonchev–Trinajstić information content (AvgIpc) is 3.02. The van der Waals surface area contributed by atoms with Gasteiger partial charge >= 0.3 is 0 Å². The smallest absolute Gasteiger partial charge is 0.237 e. The number of halogens is 2. The lowest BCUT2D eigenvalue weighted by Gasteiger charge is -2.23. The number of piperidine rings is 1. The SMILES string of the molecule is Cc1ccc2c(NS(=O)(=O)Cc3ccccc3F)c(F)ccc2c1Oc1ncccc1-c1ccnc(N[C@@H]2CCCNC2)n1. The van der Waals surface area contributed by atoms with Crippen LogP contribution in [-0.4, -0.2) is 42.5 Å². The van der Waals surface area contributed by atoms with Crippen LogP contribution >= 0.6 is 0 Å². The lowest BCUT2D eigenvalue weighted by Crippen LogP contribution is -2.38. The molecule has 6 rings (SSSR count). The van der Waals surface area contributed by atoms with Gasteiger partial charge in [0.2, 0.25) is 21.9 Å². The second kappa shape index (κ2) is 12.5. The molecule has 5 aromatic rings. The van der Waals surface area contributed by atoms with E-state index in [0.717, 1.165) is 37.6 Å². The highest BCUT2D eigenvalue weighted by atomic mass is 32.2. The molecule has 226 valence electrons. The molecule has 0 spiro atoms. The van der Waals surface area contributed by atoms with Gasteiger partial charge in [0.15, 0.2) is 0 Å². The van der Waals surface area contributed by atoms with E-state index in [4.69, 9.17) is 9.72 Å². The van der Waals surface area contributed by atoms with Crippen molar-refractivity contribution >= 4 is 32.4 Å². The van der Waals surface area contributed by atoms with Gasteiger partial charge in [-0.25, -0.2) is 32.2 Å². The first-order valence-electron chi connectivity index (χ1n) is 14.2. The molecule has 12 heteroatoms. The molecule has 1 aliphatic heterocycles. The monoisotopic (exact) mass is 616 g/mol. The van der Waals surface area contributed by atoms with E-state index in [-0.39, 0.29) is 28.6 Å². The number of aryl methyl sites for hydroxylation is 1. The molecule has 9 nitrogen and oxygen atoms in total. The Hall–Kier alpha value is -4.68. The lowest BCUT2D eigenvalue weighted by molar-refractivity contribution is 0.466. The highest BCUT2D eigenvalue weighted by Crippen LogP contribution is 2.40. The molecule has 0 saturated carbocycles. The fraction of sp³-hybridized carbons (Fsp3) is 0.219. The number of benzene rings is 3. The average molecular weight is 617 g/mol. The van der Waals surface area contributed by atoms with Crippen LogP contribution in [0.2, 0.25) is 0 Å². The van der Waals surface area contributed by atoms with Gasteiger partial charge in [-0.3, -0.25) is 4.72 Å². The number of nitrogens with zero attached hydrogens (tertiary/aromatic N) is 3. The van der Waals surface area contributed by atoms with Crippen molar-refractivity contribution in [3.8, 4) is 22.9 Å². The minimum atomic E-state index is -4.17. The molecule has 1 fully saturated rings. The maximum absolute atomic E-state index is 15.1. The molecule has 1 saturated heterocycles. The zero-order valence-corrected chi connectivity index (χ0v) is 24.7. The molecule has 3 N–H and O–H groups in total. The van der Waals surface area contributed by atoms with Crippen LogP contribution in [0.1, 0.15) is 24.0 Å². The van der Waals surface area contributed by atoms with E-state index in [0.29, 0.717) is 28.3 Å². The van der Waals surface area contributed by atoms with E-state index in [1.165, 1.54) is 30.3 Å². The predicted octanol–water partition coefficient (Wildman–Crippen LogP) is 6.18. The number of ether oxygens (including phenoxy) is 1. The molecule has 1 aliphatic rings. The number of anilines is 2.